The molecule has 17 heavy (non-hydrogen) atoms. The number of thioether (sulfide) groups is 1. The summed E-state index contributed by atoms with van der Waals surface area (Å²) in [6.07, 6.45) is 2.79. The van der Waals surface area contributed by atoms with Gasteiger partial charge in [-0.2, -0.15) is 0 Å². The molecule has 5 nitrogen and oxygen atoms in total. The molecule has 0 bridgehead atoms. The molecule has 1 aliphatic rings. The molecule has 0 aliphatic carbocycles. The van der Waals surface area contributed by atoms with Gasteiger partial charge in [0.1, 0.15) is 6.67 Å². The molecule has 0 saturated heterocycles. The third kappa shape index (κ3) is 5.93. The van der Waals surface area contributed by atoms with E-state index in [1.54, 1.807) is 11.8 Å². The van der Waals surface area contributed by atoms with Crippen molar-refractivity contribution in [1.29, 1.82) is 0 Å². The average Bonchev–Trinajstić information content (AvgIpc) is 2.75. The molecule has 0 radical (unpaired) electrons. The number of hydrogen-bond donors (Lipinski definition) is 1. The van der Waals surface area contributed by atoms with E-state index < -0.39 is 0 Å². The van der Waals surface area contributed by atoms with Crippen LogP contribution in [0.5, 0.6) is 0 Å². The van der Waals surface area contributed by atoms with E-state index in [0.29, 0.717) is 25.4 Å². The first-order valence-corrected chi connectivity index (χ1v) is 7.09. The molecule has 1 aliphatic heterocycles. The highest BCUT2D eigenvalue weighted by Gasteiger charge is 2.14. The van der Waals surface area contributed by atoms with Crippen LogP contribution in [0.3, 0.4) is 0 Å². The number of ether oxygens (including phenoxy) is 1. The van der Waals surface area contributed by atoms with Crippen LogP contribution in [0.1, 0.15) is 33.1 Å². The number of carbonyl (C=O) groups excluding carboxylic acids is 1. The second kappa shape index (κ2) is 8.36. The quantitative estimate of drug-likeness (QED) is 0.704. The fraction of sp³-hybridized carbons (Fsp3) is 0.818. The number of aliphatic imine (C=N–C) groups is 1. The lowest BCUT2D eigenvalue weighted by atomic mass is 10.3. The zero-order valence-electron chi connectivity index (χ0n) is 10.6. The summed E-state index contributed by atoms with van der Waals surface area (Å²) in [5, 5.41) is 3.00. The Labute approximate surface area is 107 Å². The molecular formula is C11H21N3O2S. The van der Waals surface area contributed by atoms with Gasteiger partial charge in [0.25, 0.3) is 0 Å². The molecule has 1 N–H and O–H groups in total. The van der Waals surface area contributed by atoms with Crippen molar-refractivity contribution in [2.75, 3.05) is 25.6 Å². The fourth-order valence-electron chi connectivity index (χ4n) is 1.37. The van der Waals surface area contributed by atoms with E-state index in [1.807, 2.05) is 6.92 Å². The van der Waals surface area contributed by atoms with Crippen LogP contribution in [0.4, 0.5) is 0 Å². The van der Waals surface area contributed by atoms with Gasteiger partial charge in [-0.25, -0.2) is 10.0 Å². The van der Waals surface area contributed by atoms with Gasteiger partial charge in [0.05, 0.1) is 13.0 Å². The average molecular weight is 259 g/mol. The van der Waals surface area contributed by atoms with Gasteiger partial charge in [-0.1, -0.05) is 25.1 Å². The van der Waals surface area contributed by atoms with Crippen LogP contribution in [0, 0.1) is 0 Å². The van der Waals surface area contributed by atoms with E-state index >= 15 is 0 Å². The Morgan fingerprint density at radius 2 is 2.41 bits per heavy atom. The summed E-state index contributed by atoms with van der Waals surface area (Å²) >= 11 is 1.57. The summed E-state index contributed by atoms with van der Waals surface area (Å²) in [5.74, 6) is 0.577. The fourth-order valence-corrected chi connectivity index (χ4v) is 2.18. The molecule has 0 unspecified atom stereocenters. The van der Waals surface area contributed by atoms with Crippen molar-refractivity contribution in [2.24, 2.45) is 4.99 Å². The van der Waals surface area contributed by atoms with E-state index in [0.717, 1.165) is 11.7 Å². The van der Waals surface area contributed by atoms with Crippen LogP contribution < -0.4 is 5.43 Å². The van der Waals surface area contributed by atoms with E-state index in [9.17, 15) is 4.79 Å². The minimum atomic E-state index is -0.138. The number of hydrogen-bond acceptors (Lipinski definition) is 6. The van der Waals surface area contributed by atoms with Gasteiger partial charge in [-0.3, -0.25) is 10.2 Å². The number of amidine groups is 1. The molecule has 0 saturated carbocycles. The lowest BCUT2D eigenvalue weighted by Crippen LogP contribution is -2.35. The Kier molecular flexibility index (Phi) is 7.04. The predicted octanol–water partition coefficient (Wildman–Crippen LogP) is 1.61. The number of esters is 1. The molecule has 1 rings (SSSR count). The third-order valence-electron chi connectivity index (χ3n) is 2.27. The minimum Gasteiger partial charge on any atom is -0.466 e. The van der Waals surface area contributed by atoms with Crippen molar-refractivity contribution in [3.05, 3.63) is 0 Å². The number of hydrazine groups is 1. The van der Waals surface area contributed by atoms with Crippen LogP contribution in [-0.4, -0.2) is 41.7 Å². The SMILES string of the molecule is CCCCN1CN=C(SCCC(=O)OCC)N1. The number of rotatable bonds is 7. The molecule has 0 spiro atoms. The zero-order chi connectivity index (χ0) is 12.5. The molecule has 98 valence electrons. The van der Waals surface area contributed by atoms with Crippen molar-refractivity contribution < 1.29 is 9.53 Å². The maximum Gasteiger partial charge on any atom is 0.306 e. The van der Waals surface area contributed by atoms with Crippen LogP contribution in [0.2, 0.25) is 0 Å². The summed E-state index contributed by atoms with van der Waals surface area (Å²) in [6.45, 7) is 6.17. The predicted molar refractivity (Wildman–Crippen MR) is 70.8 cm³/mol. The molecular weight excluding hydrogens is 238 g/mol. The largest absolute Gasteiger partial charge is 0.466 e. The highest BCUT2D eigenvalue weighted by molar-refractivity contribution is 8.13. The Morgan fingerprint density at radius 1 is 1.59 bits per heavy atom. The van der Waals surface area contributed by atoms with Gasteiger partial charge in [0, 0.05) is 12.3 Å². The van der Waals surface area contributed by atoms with Gasteiger partial charge >= 0.3 is 5.97 Å². The summed E-state index contributed by atoms with van der Waals surface area (Å²) in [6, 6.07) is 0. The van der Waals surface area contributed by atoms with E-state index in [-0.39, 0.29) is 5.97 Å². The molecule has 0 fully saturated rings. The zero-order valence-corrected chi connectivity index (χ0v) is 11.4. The summed E-state index contributed by atoms with van der Waals surface area (Å²) in [7, 11) is 0. The number of nitrogens with zero attached hydrogens (tertiary/aromatic N) is 2. The number of carbonyl (C=O) groups is 1. The lowest BCUT2D eigenvalue weighted by Gasteiger charge is -2.14. The van der Waals surface area contributed by atoms with Crippen LogP contribution in [-0.2, 0) is 9.53 Å². The van der Waals surface area contributed by atoms with Gasteiger partial charge in [0.2, 0.25) is 0 Å². The number of nitrogens with one attached hydrogen (secondary N) is 1. The first-order valence-electron chi connectivity index (χ1n) is 6.10. The van der Waals surface area contributed by atoms with Crippen LogP contribution in [0.15, 0.2) is 4.99 Å². The number of unbranched alkanes of at least 4 members (excludes halogenated alkanes) is 1. The first-order chi connectivity index (χ1) is 8.26. The monoisotopic (exact) mass is 259 g/mol. The second-order valence-corrected chi connectivity index (χ2v) is 4.82. The van der Waals surface area contributed by atoms with E-state index in [1.165, 1.54) is 12.8 Å². The van der Waals surface area contributed by atoms with Crippen LogP contribution in [0.25, 0.3) is 0 Å². The molecule has 1 heterocycles. The highest BCUT2D eigenvalue weighted by atomic mass is 32.2. The molecule has 0 atom stereocenters. The first kappa shape index (κ1) is 14.3. The lowest BCUT2D eigenvalue weighted by molar-refractivity contribution is -0.142. The molecule has 0 aromatic carbocycles. The van der Waals surface area contributed by atoms with Crippen molar-refractivity contribution >= 4 is 22.9 Å². The second-order valence-electron chi connectivity index (χ2n) is 3.74. The molecule has 6 heteroatoms. The van der Waals surface area contributed by atoms with Gasteiger partial charge in [-0.15, -0.1) is 0 Å². The Hall–Kier alpha value is -0.750. The van der Waals surface area contributed by atoms with Crippen molar-refractivity contribution in [3.8, 4) is 0 Å². The van der Waals surface area contributed by atoms with Crippen molar-refractivity contribution in [2.45, 2.75) is 33.1 Å². The summed E-state index contributed by atoms with van der Waals surface area (Å²) < 4.78 is 4.86. The van der Waals surface area contributed by atoms with Gasteiger partial charge < -0.3 is 4.74 Å². The highest BCUT2D eigenvalue weighted by Crippen LogP contribution is 2.10. The van der Waals surface area contributed by atoms with Crippen molar-refractivity contribution in [3.63, 3.8) is 0 Å². The standard InChI is InChI=1S/C11H21N3O2S/c1-3-5-7-14-9-12-11(13-14)17-8-6-10(15)16-4-2/h3-9H2,1-2H3,(H,12,13). The van der Waals surface area contributed by atoms with E-state index in [4.69, 9.17) is 4.74 Å². The molecule has 0 aromatic rings. The van der Waals surface area contributed by atoms with E-state index in [2.05, 4.69) is 22.4 Å². The van der Waals surface area contributed by atoms with Gasteiger partial charge in [0.15, 0.2) is 5.17 Å². The minimum absolute atomic E-state index is 0.138. The van der Waals surface area contributed by atoms with Gasteiger partial charge in [-0.05, 0) is 13.3 Å². The topological polar surface area (TPSA) is 53.9 Å². The summed E-state index contributed by atoms with van der Waals surface area (Å²) in [5.41, 5.74) is 3.23. The smallest absolute Gasteiger partial charge is 0.306 e. The Morgan fingerprint density at radius 3 is 3.12 bits per heavy atom. The maximum absolute atomic E-state index is 11.1. The normalized spacial score (nSPS) is 15.5. The molecule has 0 aromatic heterocycles. The Bertz CT molecular complexity index is 271. The van der Waals surface area contributed by atoms with Crippen LogP contribution >= 0.6 is 11.8 Å². The third-order valence-corrected chi connectivity index (χ3v) is 3.17. The van der Waals surface area contributed by atoms with Crippen molar-refractivity contribution in [1.82, 2.24) is 10.4 Å². The Balaban J connectivity index is 2.07. The summed E-state index contributed by atoms with van der Waals surface area (Å²) in [4.78, 5) is 15.5. The maximum atomic E-state index is 11.1. The molecule has 0 amide bonds.